The van der Waals surface area contributed by atoms with Gasteiger partial charge < -0.3 is 14.5 Å². The van der Waals surface area contributed by atoms with Gasteiger partial charge in [-0.3, -0.25) is 14.3 Å². The molecule has 1 amide bonds. The van der Waals surface area contributed by atoms with Crippen molar-refractivity contribution < 1.29 is 18.3 Å². The molecule has 0 radical (unpaired) electrons. The Balaban J connectivity index is 1.59. The normalized spacial score (nSPS) is 18.2. The van der Waals surface area contributed by atoms with Crippen LogP contribution in [0.5, 0.6) is 5.75 Å². The van der Waals surface area contributed by atoms with Crippen molar-refractivity contribution in [2.75, 3.05) is 24.5 Å². The minimum absolute atomic E-state index is 0.0509. The number of nitrogens with zero attached hydrogens (tertiary/aromatic N) is 5. The largest absolute Gasteiger partial charge is 0.480 e. The summed E-state index contributed by atoms with van der Waals surface area (Å²) in [6, 6.07) is 5.94. The maximum Gasteiger partial charge on any atom is 0.354 e. The standard InChI is InChI=1S/C34H32ClF2N5O3/c1-6-24(43)40-13-14-41(19(5)16-40)32-20-15-22(35)26-25-21(7-8-23(36)27(25)37)34(10-11-34)45-31(26)30(20)42(33(44)39-32)29-18(4)9-12-38-28(29)17(2)3/h6-9,12,15,17,19H,1,10-11,13-14,16H2,2-5H3/t19-/m0/s1. The van der Waals surface area contributed by atoms with Gasteiger partial charge in [0.15, 0.2) is 17.4 Å². The predicted molar refractivity (Wildman–Crippen MR) is 169 cm³/mol. The van der Waals surface area contributed by atoms with Gasteiger partial charge in [-0.05, 0) is 62.4 Å². The van der Waals surface area contributed by atoms with Gasteiger partial charge in [0.05, 0.1) is 16.4 Å². The molecule has 0 N–H and O–H groups in total. The molecule has 2 aromatic heterocycles. The molecule has 4 aromatic rings. The molecule has 2 aromatic carbocycles. The number of aryl methyl sites for hydroxylation is 1. The van der Waals surface area contributed by atoms with Crippen molar-refractivity contribution in [3.63, 3.8) is 0 Å². The number of hydrogen-bond donors (Lipinski definition) is 0. The average Bonchev–Trinajstić information content (AvgIpc) is 3.78. The summed E-state index contributed by atoms with van der Waals surface area (Å²) in [5, 5.41) is 0.662. The molecule has 232 valence electrons. The van der Waals surface area contributed by atoms with E-state index in [0.717, 1.165) is 11.6 Å². The van der Waals surface area contributed by atoms with Crippen LogP contribution in [0, 0.1) is 18.6 Å². The van der Waals surface area contributed by atoms with Gasteiger partial charge in [0, 0.05) is 53.9 Å². The summed E-state index contributed by atoms with van der Waals surface area (Å²) in [6.45, 7) is 12.6. The Kier molecular flexibility index (Phi) is 6.78. The monoisotopic (exact) mass is 631 g/mol. The van der Waals surface area contributed by atoms with Crippen molar-refractivity contribution in [2.24, 2.45) is 0 Å². The van der Waals surface area contributed by atoms with Crippen LogP contribution in [0.15, 0.2) is 47.9 Å². The lowest BCUT2D eigenvalue weighted by Gasteiger charge is -2.41. The molecule has 4 heterocycles. The fourth-order valence-corrected chi connectivity index (χ4v) is 7.15. The number of hydrogen-bond acceptors (Lipinski definition) is 6. The molecule has 1 aliphatic carbocycles. The molecular formula is C34H32ClF2N5O3. The Labute approximate surface area is 263 Å². The smallest absolute Gasteiger partial charge is 0.354 e. The van der Waals surface area contributed by atoms with E-state index in [9.17, 15) is 14.0 Å². The fourth-order valence-electron chi connectivity index (χ4n) is 6.86. The summed E-state index contributed by atoms with van der Waals surface area (Å²) < 4.78 is 38.9. The molecule has 1 spiro atoms. The van der Waals surface area contributed by atoms with Crippen molar-refractivity contribution in [2.45, 2.75) is 58.1 Å². The number of amides is 1. The van der Waals surface area contributed by atoms with E-state index >= 15 is 4.39 Å². The summed E-state index contributed by atoms with van der Waals surface area (Å²) in [7, 11) is 0. The lowest BCUT2D eigenvalue weighted by Crippen LogP contribution is -2.54. The zero-order chi connectivity index (χ0) is 31.9. The van der Waals surface area contributed by atoms with Gasteiger partial charge in [-0.25, -0.2) is 13.6 Å². The van der Waals surface area contributed by atoms with E-state index < -0.39 is 22.9 Å². The van der Waals surface area contributed by atoms with Crippen LogP contribution in [-0.4, -0.2) is 51.0 Å². The number of fused-ring (bicyclic) bond motifs is 6. The van der Waals surface area contributed by atoms with Crippen LogP contribution in [0.4, 0.5) is 14.6 Å². The molecule has 1 saturated carbocycles. The molecule has 1 saturated heterocycles. The van der Waals surface area contributed by atoms with E-state index in [1.165, 1.54) is 10.6 Å². The van der Waals surface area contributed by atoms with E-state index in [0.29, 0.717) is 66.1 Å². The highest BCUT2D eigenvalue weighted by Crippen LogP contribution is 2.61. The second-order valence-electron chi connectivity index (χ2n) is 12.4. The summed E-state index contributed by atoms with van der Waals surface area (Å²) in [4.78, 5) is 39.7. The number of anilines is 1. The van der Waals surface area contributed by atoms with Gasteiger partial charge in [0.2, 0.25) is 5.91 Å². The van der Waals surface area contributed by atoms with Crippen LogP contribution < -0.4 is 15.3 Å². The molecule has 11 heteroatoms. The second-order valence-corrected chi connectivity index (χ2v) is 12.8. The van der Waals surface area contributed by atoms with E-state index in [-0.39, 0.29) is 39.8 Å². The van der Waals surface area contributed by atoms with Gasteiger partial charge >= 0.3 is 5.69 Å². The number of piperazine rings is 1. The number of aromatic nitrogens is 3. The third-order valence-electron chi connectivity index (χ3n) is 9.21. The zero-order valence-electron chi connectivity index (χ0n) is 25.5. The van der Waals surface area contributed by atoms with Gasteiger partial charge in [-0.15, -0.1) is 0 Å². The SMILES string of the molecule is C=CC(=O)N1CCN(c2nc(=O)n(-c3c(C)ccnc3C(C)C)c3c4c(c(Cl)cc23)-c2c(ccc(F)c2F)C2(CC2)O4)[C@@H](C)C1. The number of carbonyl (C=O) groups is 1. The van der Waals surface area contributed by atoms with Crippen molar-refractivity contribution in [1.82, 2.24) is 19.4 Å². The highest BCUT2D eigenvalue weighted by atomic mass is 35.5. The van der Waals surface area contributed by atoms with Gasteiger partial charge in [-0.1, -0.05) is 38.1 Å². The second kappa shape index (κ2) is 10.4. The quantitative estimate of drug-likeness (QED) is 0.242. The van der Waals surface area contributed by atoms with Crippen molar-refractivity contribution >= 4 is 34.2 Å². The minimum Gasteiger partial charge on any atom is -0.480 e. The Bertz CT molecular complexity index is 2000. The molecule has 8 nitrogen and oxygen atoms in total. The van der Waals surface area contributed by atoms with E-state index in [1.54, 1.807) is 23.2 Å². The van der Waals surface area contributed by atoms with Crippen LogP contribution >= 0.6 is 11.6 Å². The van der Waals surface area contributed by atoms with Crippen molar-refractivity contribution in [3.05, 3.63) is 87.1 Å². The molecule has 3 aliphatic rings. The first kappa shape index (κ1) is 29.4. The summed E-state index contributed by atoms with van der Waals surface area (Å²) in [5.74, 6) is -1.64. The molecule has 7 rings (SSSR count). The maximum absolute atomic E-state index is 15.8. The van der Waals surface area contributed by atoms with Crippen LogP contribution in [0.3, 0.4) is 0 Å². The molecular weight excluding hydrogens is 600 g/mol. The molecule has 0 bridgehead atoms. The minimum atomic E-state index is -1.01. The fraction of sp³-hybridized carbons (Fsp3) is 0.353. The number of rotatable bonds is 4. The van der Waals surface area contributed by atoms with Crippen LogP contribution in [0.25, 0.3) is 27.7 Å². The van der Waals surface area contributed by atoms with Gasteiger partial charge in [0.25, 0.3) is 0 Å². The summed E-state index contributed by atoms with van der Waals surface area (Å²) in [5.41, 5.74) is 1.72. The first-order chi connectivity index (χ1) is 21.5. The molecule has 45 heavy (non-hydrogen) atoms. The molecule has 1 atom stereocenters. The average molecular weight is 632 g/mol. The lowest BCUT2D eigenvalue weighted by molar-refractivity contribution is -0.126. The number of carbonyl (C=O) groups excluding carboxylic acids is 1. The number of ether oxygens (including phenoxy) is 1. The molecule has 0 unspecified atom stereocenters. The zero-order valence-corrected chi connectivity index (χ0v) is 26.2. The van der Waals surface area contributed by atoms with Gasteiger partial charge in [-0.2, -0.15) is 4.98 Å². The van der Waals surface area contributed by atoms with Crippen LogP contribution in [0.1, 0.15) is 56.4 Å². The predicted octanol–water partition coefficient (Wildman–Crippen LogP) is 6.42. The number of pyridine rings is 1. The van der Waals surface area contributed by atoms with Crippen molar-refractivity contribution in [3.8, 4) is 22.6 Å². The number of halogens is 3. The maximum atomic E-state index is 15.8. The lowest BCUT2D eigenvalue weighted by atomic mass is 9.89. The van der Waals surface area contributed by atoms with Crippen LogP contribution in [0.2, 0.25) is 5.02 Å². The van der Waals surface area contributed by atoms with E-state index in [4.69, 9.17) is 16.3 Å². The van der Waals surface area contributed by atoms with Crippen LogP contribution in [-0.2, 0) is 10.4 Å². The number of benzene rings is 2. The van der Waals surface area contributed by atoms with E-state index in [2.05, 4.69) is 16.5 Å². The Morgan fingerprint density at radius 2 is 1.96 bits per heavy atom. The Morgan fingerprint density at radius 1 is 1.20 bits per heavy atom. The summed E-state index contributed by atoms with van der Waals surface area (Å²) >= 11 is 6.99. The first-order valence-corrected chi connectivity index (χ1v) is 15.5. The van der Waals surface area contributed by atoms with Crippen molar-refractivity contribution in [1.29, 1.82) is 0 Å². The topological polar surface area (TPSA) is 80.6 Å². The molecule has 2 fully saturated rings. The third kappa shape index (κ3) is 4.36. The Hall–Kier alpha value is -4.31. The highest BCUT2D eigenvalue weighted by molar-refractivity contribution is 6.35. The Morgan fingerprint density at radius 3 is 2.62 bits per heavy atom. The third-order valence-corrected chi connectivity index (χ3v) is 9.51. The summed E-state index contributed by atoms with van der Waals surface area (Å²) in [6.07, 6.45) is 4.18. The first-order valence-electron chi connectivity index (χ1n) is 15.1. The van der Waals surface area contributed by atoms with E-state index in [1.807, 2.05) is 38.7 Å². The molecule has 2 aliphatic heterocycles. The van der Waals surface area contributed by atoms with Gasteiger partial charge in [0.1, 0.15) is 16.9 Å². The highest BCUT2D eigenvalue weighted by Gasteiger charge is 2.53.